The standard InChI is InChI=1S/C30H30N8O3/c1-3-12-37-13-4-5-21(15-37)38-29-24(28(32)33-16-34-29)25(36-38)22-10-11-23(27-26(22)40-17-41-27)35-30(39)20-8-6-19(7-9-20)18(2)14-31/h3,6-12,16,18,21H,4-5,13,15,17H2,1-2H3,(H,35,39)(H2,32,33,34)/t18-,21?/m0/s1. The fourth-order valence-corrected chi connectivity index (χ4v) is 5.44. The van der Waals surface area contributed by atoms with Crippen LogP contribution in [0.5, 0.6) is 11.5 Å². The molecule has 0 saturated carbocycles. The van der Waals surface area contributed by atoms with Gasteiger partial charge in [0.2, 0.25) is 6.79 Å². The van der Waals surface area contributed by atoms with Gasteiger partial charge in [-0.15, -0.1) is 0 Å². The zero-order valence-electron chi connectivity index (χ0n) is 22.9. The van der Waals surface area contributed by atoms with Crippen LogP contribution in [-0.4, -0.2) is 50.4 Å². The van der Waals surface area contributed by atoms with Crippen LogP contribution < -0.4 is 20.5 Å². The van der Waals surface area contributed by atoms with E-state index in [1.165, 1.54) is 6.33 Å². The maximum absolute atomic E-state index is 13.1. The molecule has 0 spiro atoms. The third-order valence-electron chi connectivity index (χ3n) is 7.54. The van der Waals surface area contributed by atoms with Gasteiger partial charge in [-0.05, 0) is 62.7 Å². The number of nitriles is 1. The number of ether oxygens (including phenoxy) is 2. The number of aromatic nitrogens is 4. The van der Waals surface area contributed by atoms with Crippen molar-refractivity contribution in [2.45, 2.75) is 38.6 Å². The van der Waals surface area contributed by atoms with Crippen molar-refractivity contribution in [3.8, 4) is 28.8 Å². The number of benzene rings is 2. The number of amides is 1. The van der Waals surface area contributed by atoms with E-state index >= 15 is 0 Å². The fourth-order valence-electron chi connectivity index (χ4n) is 5.44. The average Bonchev–Trinajstić information content (AvgIpc) is 3.64. The molecule has 0 aliphatic carbocycles. The molecule has 41 heavy (non-hydrogen) atoms. The largest absolute Gasteiger partial charge is 0.453 e. The summed E-state index contributed by atoms with van der Waals surface area (Å²) >= 11 is 0. The minimum absolute atomic E-state index is 0.00151. The highest BCUT2D eigenvalue weighted by molar-refractivity contribution is 6.06. The summed E-state index contributed by atoms with van der Waals surface area (Å²) in [6, 6.07) is 12.9. The number of allylic oxidation sites excluding steroid dienone is 1. The Morgan fingerprint density at radius 2 is 2.00 bits per heavy atom. The second-order valence-corrected chi connectivity index (χ2v) is 10.2. The van der Waals surface area contributed by atoms with Gasteiger partial charge in [0.05, 0.1) is 29.1 Å². The summed E-state index contributed by atoms with van der Waals surface area (Å²) in [5, 5.41) is 17.7. The van der Waals surface area contributed by atoms with E-state index in [1.807, 2.05) is 30.7 Å². The van der Waals surface area contributed by atoms with E-state index in [2.05, 4.69) is 32.5 Å². The van der Waals surface area contributed by atoms with Crippen molar-refractivity contribution in [2.24, 2.45) is 0 Å². The fraction of sp³-hybridized carbons (Fsp3) is 0.300. The van der Waals surface area contributed by atoms with Crippen molar-refractivity contribution in [1.82, 2.24) is 24.6 Å². The van der Waals surface area contributed by atoms with Crippen LogP contribution in [0.3, 0.4) is 0 Å². The van der Waals surface area contributed by atoms with E-state index in [0.29, 0.717) is 50.9 Å². The number of nitrogens with one attached hydrogen (secondary N) is 1. The van der Waals surface area contributed by atoms with Crippen LogP contribution in [0.15, 0.2) is 55.0 Å². The molecule has 208 valence electrons. The molecule has 1 amide bonds. The van der Waals surface area contributed by atoms with Crippen LogP contribution in [0.4, 0.5) is 11.5 Å². The number of nitrogens with two attached hydrogens (primary N) is 1. The van der Waals surface area contributed by atoms with Gasteiger partial charge in [-0.25, -0.2) is 14.6 Å². The molecule has 2 aromatic heterocycles. The first-order valence-corrected chi connectivity index (χ1v) is 13.6. The lowest BCUT2D eigenvalue weighted by Crippen LogP contribution is -2.33. The summed E-state index contributed by atoms with van der Waals surface area (Å²) < 4.78 is 13.7. The minimum Gasteiger partial charge on any atom is -0.453 e. The van der Waals surface area contributed by atoms with E-state index in [0.717, 1.165) is 31.5 Å². The van der Waals surface area contributed by atoms with Crippen LogP contribution >= 0.6 is 0 Å². The summed E-state index contributed by atoms with van der Waals surface area (Å²) in [7, 11) is 0. The van der Waals surface area contributed by atoms with Gasteiger partial charge in [0.1, 0.15) is 17.8 Å². The van der Waals surface area contributed by atoms with Gasteiger partial charge in [-0.3, -0.25) is 4.79 Å². The van der Waals surface area contributed by atoms with Crippen LogP contribution in [0, 0.1) is 11.3 Å². The number of hydrogen-bond donors (Lipinski definition) is 2. The molecule has 2 aliphatic rings. The smallest absolute Gasteiger partial charge is 0.255 e. The van der Waals surface area contributed by atoms with Crippen LogP contribution in [0.2, 0.25) is 0 Å². The minimum atomic E-state index is -0.304. The molecule has 3 N–H and O–H groups in total. The molecular formula is C30H30N8O3. The molecular weight excluding hydrogens is 520 g/mol. The van der Waals surface area contributed by atoms with E-state index in [-0.39, 0.29) is 24.7 Å². The van der Waals surface area contributed by atoms with Gasteiger partial charge in [0.25, 0.3) is 5.91 Å². The molecule has 4 aromatic rings. The number of carbonyl (C=O) groups excluding carboxylic acids is 1. The molecule has 2 aliphatic heterocycles. The third-order valence-corrected chi connectivity index (χ3v) is 7.54. The van der Waals surface area contributed by atoms with Crippen molar-refractivity contribution < 1.29 is 14.3 Å². The highest BCUT2D eigenvalue weighted by Gasteiger charge is 2.30. The number of fused-ring (bicyclic) bond motifs is 2. The van der Waals surface area contributed by atoms with Crippen molar-refractivity contribution in [2.75, 3.05) is 30.9 Å². The summed E-state index contributed by atoms with van der Waals surface area (Å²) in [5.41, 5.74) is 10.1. The Balaban J connectivity index is 1.35. The van der Waals surface area contributed by atoms with Gasteiger partial charge in [0, 0.05) is 24.2 Å². The van der Waals surface area contributed by atoms with Gasteiger partial charge >= 0.3 is 0 Å². The van der Waals surface area contributed by atoms with Crippen molar-refractivity contribution >= 4 is 28.4 Å². The Morgan fingerprint density at radius 3 is 2.78 bits per heavy atom. The van der Waals surface area contributed by atoms with Crippen LogP contribution in [0.1, 0.15) is 54.6 Å². The van der Waals surface area contributed by atoms with E-state index in [1.54, 1.807) is 30.3 Å². The number of likely N-dealkylation sites (tertiary alicyclic amines) is 1. The number of carbonyl (C=O) groups is 1. The second-order valence-electron chi connectivity index (χ2n) is 10.2. The summed E-state index contributed by atoms with van der Waals surface area (Å²) in [6.07, 6.45) is 7.61. The van der Waals surface area contributed by atoms with Crippen molar-refractivity contribution in [3.63, 3.8) is 0 Å². The third kappa shape index (κ3) is 4.78. The lowest BCUT2D eigenvalue weighted by molar-refractivity contribution is 0.102. The van der Waals surface area contributed by atoms with Crippen molar-refractivity contribution in [3.05, 3.63) is 66.1 Å². The van der Waals surface area contributed by atoms with Crippen LogP contribution in [-0.2, 0) is 0 Å². The number of rotatable bonds is 6. The van der Waals surface area contributed by atoms with Gasteiger partial charge < -0.3 is 25.4 Å². The second kappa shape index (κ2) is 10.8. The Hall–Kier alpha value is -5.11. The molecule has 2 aromatic carbocycles. The molecule has 1 unspecified atom stereocenters. The predicted molar refractivity (Wildman–Crippen MR) is 154 cm³/mol. The first-order valence-electron chi connectivity index (χ1n) is 13.6. The predicted octanol–water partition coefficient (Wildman–Crippen LogP) is 4.85. The average molecular weight is 551 g/mol. The number of nitrogens with zero attached hydrogens (tertiary/aromatic N) is 6. The molecule has 4 heterocycles. The quantitative estimate of drug-likeness (QED) is 0.344. The molecule has 11 nitrogen and oxygen atoms in total. The first kappa shape index (κ1) is 26.1. The Morgan fingerprint density at radius 1 is 1.20 bits per heavy atom. The maximum atomic E-state index is 13.1. The summed E-state index contributed by atoms with van der Waals surface area (Å²) in [5.74, 6) is 0.659. The molecule has 1 fully saturated rings. The molecule has 0 radical (unpaired) electrons. The maximum Gasteiger partial charge on any atom is 0.255 e. The normalized spacial score (nSPS) is 17.1. The number of piperidine rings is 1. The number of nitrogen functional groups attached to an aromatic ring is 1. The highest BCUT2D eigenvalue weighted by atomic mass is 16.7. The van der Waals surface area contributed by atoms with Gasteiger partial charge in [0.15, 0.2) is 17.1 Å². The first-order chi connectivity index (χ1) is 20.0. The number of hydrogen-bond acceptors (Lipinski definition) is 9. The zero-order chi connectivity index (χ0) is 28.5. The molecule has 1 saturated heterocycles. The van der Waals surface area contributed by atoms with Gasteiger partial charge in [-0.1, -0.05) is 18.2 Å². The number of anilines is 2. The monoisotopic (exact) mass is 550 g/mol. The lowest BCUT2D eigenvalue weighted by atomic mass is 10.0. The highest BCUT2D eigenvalue weighted by Crippen LogP contribution is 2.48. The Labute approximate surface area is 237 Å². The summed E-state index contributed by atoms with van der Waals surface area (Å²) in [4.78, 5) is 24.2. The molecule has 6 rings (SSSR count). The topological polar surface area (TPSA) is 144 Å². The Kier molecular flexibility index (Phi) is 6.89. The Bertz CT molecular complexity index is 1690. The SMILES string of the molecule is CC=CN1CCCC(n2nc(-c3ccc(NC(=O)c4ccc([C@@H](C)C#N)cc4)c4c3OCO4)c3c(N)ncnc32)C1. The van der Waals surface area contributed by atoms with E-state index in [4.69, 9.17) is 25.6 Å². The van der Waals surface area contributed by atoms with E-state index in [9.17, 15) is 4.79 Å². The lowest BCUT2D eigenvalue weighted by Gasteiger charge is -2.32. The molecule has 11 heteroatoms. The van der Waals surface area contributed by atoms with Gasteiger partial charge in [-0.2, -0.15) is 10.4 Å². The van der Waals surface area contributed by atoms with Crippen molar-refractivity contribution in [1.29, 1.82) is 5.26 Å². The molecule has 2 atom stereocenters. The van der Waals surface area contributed by atoms with E-state index < -0.39 is 0 Å². The summed E-state index contributed by atoms with van der Waals surface area (Å²) in [6.45, 7) is 5.64. The molecule has 0 bridgehead atoms. The van der Waals surface area contributed by atoms with Crippen LogP contribution in [0.25, 0.3) is 22.3 Å². The zero-order valence-corrected chi connectivity index (χ0v) is 22.9.